The monoisotopic (exact) mass is 280 g/mol. The molecule has 0 radical (unpaired) electrons. The maximum absolute atomic E-state index is 5.74. The third-order valence-corrected chi connectivity index (χ3v) is 3.88. The van der Waals surface area contributed by atoms with Gasteiger partial charge in [0.15, 0.2) is 0 Å². The van der Waals surface area contributed by atoms with Crippen molar-refractivity contribution in [3.63, 3.8) is 0 Å². The summed E-state index contributed by atoms with van der Waals surface area (Å²) in [7, 11) is 2.04. The molecule has 0 saturated carbocycles. The summed E-state index contributed by atoms with van der Waals surface area (Å²) in [4.78, 5) is 2.44. The molecule has 0 spiro atoms. The van der Waals surface area contributed by atoms with Crippen molar-refractivity contribution < 1.29 is 4.74 Å². The Balaban J connectivity index is 2.29. The van der Waals surface area contributed by atoms with Crippen LogP contribution >= 0.6 is 0 Å². The van der Waals surface area contributed by atoms with E-state index in [-0.39, 0.29) is 6.10 Å². The topological polar surface area (TPSA) is 42.3 Å². The van der Waals surface area contributed by atoms with Crippen LogP contribution in [0.5, 0.6) is 0 Å². The average molecular weight is 280 g/mol. The van der Waals surface area contributed by atoms with Gasteiger partial charge in [-0.05, 0) is 20.8 Å². The van der Waals surface area contributed by atoms with Crippen molar-refractivity contribution in [2.24, 2.45) is 7.05 Å². The number of anilines is 1. The number of rotatable bonds is 4. The van der Waals surface area contributed by atoms with Crippen LogP contribution in [-0.4, -0.2) is 41.1 Å². The van der Waals surface area contributed by atoms with Crippen molar-refractivity contribution >= 4 is 5.82 Å². The van der Waals surface area contributed by atoms with Gasteiger partial charge in [0.2, 0.25) is 0 Å². The Kier molecular flexibility index (Phi) is 4.70. The Bertz CT molecular complexity index is 455. The SMILES string of the molecule is Cc1nn(C)c(N2CC(C)OCC2C)c1CNC(C)C. The minimum Gasteiger partial charge on any atom is -0.375 e. The summed E-state index contributed by atoms with van der Waals surface area (Å²) < 4.78 is 7.75. The number of hydrogen-bond acceptors (Lipinski definition) is 4. The summed E-state index contributed by atoms with van der Waals surface area (Å²) in [6.45, 7) is 13.4. The van der Waals surface area contributed by atoms with Gasteiger partial charge in [-0.25, -0.2) is 0 Å². The molecule has 1 aliphatic heterocycles. The summed E-state index contributed by atoms with van der Waals surface area (Å²) in [5.74, 6) is 1.23. The van der Waals surface area contributed by atoms with Crippen LogP contribution in [0.15, 0.2) is 0 Å². The van der Waals surface area contributed by atoms with E-state index in [0.29, 0.717) is 12.1 Å². The lowest BCUT2D eigenvalue weighted by molar-refractivity contribution is 0.0337. The summed E-state index contributed by atoms with van der Waals surface area (Å²) in [5.41, 5.74) is 2.42. The minimum absolute atomic E-state index is 0.271. The Morgan fingerprint density at radius 2 is 2.10 bits per heavy atom. The summed E-state index contributed by atoms with van der Waals surface area (Å²) in [6, 6.07) is 0.863. The van der Waals surface area contributed by atoms with Crippen LogP contribution < -0.4 is 10.2 Å². The Morgan fingerprint density at radius 1 is 1.40 bits per heavy atom. The van der Waals surface area contributed by atoms with Gasteiger partial charge in [-0.3, -0.25) is 4.68 Å². The lowest BCUT2D eigenvalue weighted by Crippen LogP contribution is -2.48. The van der Waals surface area contributed by atoms with Gasteiger partial charge in [-0.2, -0.15) is 5.10 Å². The van der Waals surface area contributed by atoms with Gasteiger partial charge in [0, 0.05) is 31.7 Å². The van der Waals surface area contributed by atoms with Crippen molar-refractivity contribution in [1.82, 2.24) is 15.1 Å². The molecule has 20 heavy (non-hydrogen) atoms. The molecule has 5 nitrogen and oxygen atoms in total. The third kappa shape index (κ3) is 3.15. The second-order valence-electron chi connectivity index (χ2n) is 6.19. The largest absolute Gasteiger partial charge is 0.375 e. The first-order valence-corrected chi connectivity index (χ1v) is 7.54. The zero-order chi connectivity index (χ0) is 14.9. The van der Waals surface area contributed by atoms with Gasteiger partial charge >= 0.3 is 0 Å². The van der Waals surface area contributed by atoms with Crippen LogP contribution in [0.4, 0.5) is 5.82 Å². The molecule has 1 fully saturated rings. The molecule has 1 N–H and O–H groups in total. The van der Waals surface area contributed by atoms with Crippen LogP contribution in [0.2, 0.25) is 0 Å². The van der Waals surface area contributed by atoms with E-state index < -0.39 is 0 Å². The lowest BCUT2D eigenvalue weighted by atomic mass is 10.1. The highest BCUT2D eigenvalue weighted by molar-refractivity contribution is 5.51. The maximum atomic E-state index is 5.74. The van der Waals surface area contributed by atoms with E-state index in [2.05, 4.69) is 49.9 Å². The van der Waals surface area contributed by atoms with Crippen LogP contribution in [0, 0.1) is 6.92 Å². The van der Waals surface area contributed by atoms with Gasteiger partial charge < -0.3 is 15.0 Å². The number of aromatic nitrogens is 2. The molecule has 2 unspecified atom stereocenters. The second-order valence-corrected chi connectivity index (χ2v) is 6.19. The van der Waals surface area contributed by atoms with E-state index >= 15 is 0 Å². The van der Waals surface area contributed by atoms with E-state index in [0.717, 1.165) is 25.4 Å². The molecule has 1 aromatic rings. The summed E-state index contributed by atoms with van der Waals surface area (Å²) in [5, 5.41) is 8.13. The molecule has 2 rings (SSSR count). The Labute approximate surface area is 122 Å². The highest BCUT2D eigenvalue weighted by Crippen LogP contribution is 2.27. The smallest absolute Gasteiger partial charge is 0.131 e. The predicted octanol–water partition coefficient (Wildman–Crippen LogP) is 1.84. The van der Waals surface area contributed by atoms with Gasteiger partial charge in [0.1, 0.15) is 5.82 Å². The van der Waals surface area contributed by atoms with Crippen molar-refractivity contribution in [1.29, 1.82) is 0 Å². The quantitative estimate of drug-likeness (QED) is 0.914. The molecule has 2 heterocycles. The number of nitrogens with one attached hydrogen (secondary N) is 1. The number of hydrogen-bond donors (Lipinski definition) is 1. The first-order valence-electron chi connectivity index (χ1n) is 7.54. The highest BCUT2D eigenvalue weighted by Gasteiger charge is 2.28. The molecule has 114 valence electrons. The molecule has 1 aromatic heterocycles. The van der Waals surface area contributed by atoms with Crippen molar-refractivity contribution in [2.75, 3.05) is 18.1 Å². The summed E-state index contributed by atoms with van der Waals surface area (Å²) in [6.07, 6.45) is 0.271. The average Bonchev–Trinajstić information content (AvgIpc) is 2.64. The van der Waals surface area contributed by atoms with Crippen molar-refractivity contribution in [3.05, 3.63) is 11.3 Å². The number of ether oxygens (including phenoxy) is 1. The van der Waals surface area contributed by atoms with Gasteiger partial charge in [0.05, 0.1) is 24.4 Å². The zero-order valence-corrected chi connectivity index (χ0v) is 13.6. The van der Waals surface area contributed by atoms with Crippen LogP contribution in [0.25, 0.3) is 0 Å². The van der Waals surface area contributed by atoms with Crippen LogP contribution in [-0.2, 0) is 18.3 Å². The van der Waals surface area contributed by atoms with E-state index in [9.17, 15) is 0 Å². The van der Waals surface area contributed by atoms with E-state index in [1.807, 2.05) is 11.7 Å². The first kappa shape index (κ1) is 15.3. The molecular weight excluding hydrogens is 252 g/mol. The van der Waals surface area contributed by atoms with Crippen LogP contribution in [0.1, 0.15) is 39.0 Å². The fourth-order valence-corrected chi connectivity index (χ4v) is 2.76. The van der Waals surface area contributed by atoms with Crippen molar-refractivity contribution in [2.45, 2.75) is 59.4 Å². The van der Waals surface area contributed by atoms with E-state index in [4.69, 9.17) is 4.74 Å². The van der Waals surface area contributed by atoms with Gasteiger partial charge in [-0.15, -0.1) is 0 Å². The molecule has 0 amide bonds. The van der Waals surface area contributed by atoms with Gasteiger partial charge in [-0.1, -0.05) is 13.8 Å². The molecule has 1 aliphatic rings. The number of aryl methyl sites for hydroxylation is 2. The summed E-state index contributed by atoms with van der Waals surface area (Å²) >= 11 is 0. The Morgan fingerprint density at radius 3 is 2.75 bits per heavy atom. The normalized spacial score (nSPS) is 23.6. The highest BCUT2D eigenvalue weighted by atomic mass is 16.5. The standard InChI is InChI=1S/C15H28N4O/c1-10(2)16-7-14-13(5)17-18(6)15(14)19-8-12(4)20-9-11(19)3/h10-12,16H,7-9H2,1-6H3. The van der Waals surface area contributed by atoms with E-state index in [1.54, 1.807) is 0 Å². The fourth-order valence-electron chi connectivity index (χ4n) is 2.76. The molecule has 0 aliphatic carbocycles. The van der Waals surface area contributed by atoms with Crippen LogP contribution in [0.3, 0.4) is 0 Å². The predicted molar refractivity (Wildman–Crippen MR) is 82.1 cm³/mol. The minimum atomic E-state index is 0.271. The first-order chi connectivity index (χ1) is 9.40. The molecule has 0 aromatic carbocycles. The fraction of sp³-hybridized carbons (Fsp3) is 0.800. The third-order valence-electron chi connectivity index (χ3n) is 3.88. The maximum Gasteiger partial charge on any atom is 0.131 e. The molecule has 1 saturated heterocycles. The Hall–Kier alpha value is -1.07. The molecule has 0 bridgehead atoms. The zero-order valence-electron chi connectivity index (χ0n) is 13.6. The van der Waals surface area contributed by atoms with Gasteiger partial charge in [0.25, 0.3) is 0 Å². The number of nitrogens with zero attached hydrogens (tertiary/aromatic N) is 3. The molecule has 5 heteroatoms. The lowest BCUT2D eigenvalue weighted by Gasteiger charge is -2.38. The van der Waals surface area contributed by atoms with Crippen molar-refractivity contribution in [3.8, 4) is 0 Å². The van der Waals surface area contributed by atoms with E-state index in [1.165, 1.54) is 11.4 Å². The molecule has 2 atom stereocenters. The second kappa shape index (κ2) is 6.14. The molecular formula is C15H28N4O. The number of morpholine rings is 1.